The van der Waals surface area contributed by atoms with Crippen molar-refractivity contribution in [3.8, 4) is 0 Å². The van der Waals surface area contributed by atoms with Crippen LogP contribution in [-0.2, 0) is 22.7 Å². The largest absolute Gasteiger partial charge is 0.342 e. The van der Waals surface area contributed by atoms with E-state index in [9.17, 15) is 19.2 Å². The Balaban J connectivity index is 1.19. The number of amides is 4. The van der Waals surface area contributed by atoms with Crippen molar-refractivity contribution in [3.63, 3.8) is 0 Å². The first kappa shape index (κ1) is 20.5. The van der Waals surface area contributed by atoms with Gasteiger partial charge in [0.25, 0.3) is 11.5 Å². The second-order valence-electron chi connectivity index (χ2n) is 8.95. The van der Waals surface area contributed by atoms with Crippen LogP contribution in [0.3, 0.4) is 0 Å². The molecule has 8 heteroatoms. The standard InChI is InChI=1S/C24H26N4O4/c29-21(26-12-17-11-18(15-26)20-7-4-8-22(30)27(20)14-17)10-9-19-23(31)28(24(32)25-19)13-16-5-2-1-3-6-16/h1-8,17-19H,9-15H2,(H,25,32)/t17-,18+,19+/m1/s1. The molecule has 0 spiro atoms. The Kier molecular flexibility index (Phi) is 5.28. The lowest BCUT2D eigenvalue weighted by Crippen LogP contribution is -2.49. The number of hydrogen-bond acceptors (Lipinski definition) is 4. The van der Waals surface area contributed by atoms with Crippen molar-refractivity contribution in [3.05, 3.63) is 70.1 Å². The molecule has 3 aliphatic heterocycles. The molecule has 3 aliphatic rings. The second-order valence-corrected chi connectivity index (χ2v) is 8.95. The van der Waals surface area contributed by atoms with Crippen molar-refractivity contribution in [1.29, 1.82) is 0 Å². The molecule has 1 aromatic heterocycles. The van der Waals surface area contributed by atoms with Gasteiger partial charge in [0, 0.05) is 43.7 Å². The Morgan fingerprint density at radius 1 is 0.969 bits per heavy atom. The van der Waals surface area contributed by atoms with Gasteiger partial charge in [-0.2, -0.15) is 0 Å². The summed E-state index contributed by atoms with van der Waals surface area (Å²) in [6.45, 7) is 2.08. The lowest BCUT2D eigenvalue weighted by molar-refractivity contribution is -0.134. The van der Waals surface area contributed by atoms with Crippen LogP contribution in [0.2, 0.25) is 0 Å². The summed E-state index contributed by atoms with van der Waals surface area (Å²) in [5.41, 5.74) is 1.90. The van der Waals surface area contributed by atoms with Crippen LogP contribution in [-0.4, -0.2) is 51.3 Å². The van der Waals surface area contributed by atoms with Gasteiger partial charge in [-0.1, -0.05) is 36.4 Å². The Hall–Kier alpha value is -3.42. The third-order valence-electron chi connectivity index (χ3n) is 6.77. The smallest absolute Gasteiger partial charge is 0.325 e. The number of hydrogen-bond donors (Lipinski definition) is 1. The maximum absolute atomic E-state index is 12.9. The van der Waals surface area contributed by atoms with E-state index in [0.717, 1.165) is 17.7 Å². The molecule has 4 amide bonds. The summed E-state index contributed by atoms with van der Waals surface area (Å²) in [7, 11) is 0. The number of fused-ring (bicyclic) bond motifs is 4. The number of nitrogens with one attached hydrogen (secondary N) is 1. The molecule has 0 radical (unpaired) electrons. The van der Waals surface area contributed by atoms with E-state index < -0.39 is 12.1 Å². The Morgan fingerprint density at radius 3 is 2.59 bits per heavy atom. The van der Waals surface area contributed by atoms with Crippen LogP contribution in [0.4, 0.5) is 4.79 Å². The van der Waals surface area contributed by atoms with Crippen molar-refractivity contribution in [2.24, 2.45) is 5.92 Å². The fourth-order valence-electron chi connectivity index (χ4n) is 5.21. The molecule has 1 N–H and O–H groups in total. The van der Waals surface area contributed by atoms with Crippen LogP contribution in [0, 0.1) is 5.92 Å². The fourth-order valence-corrected chi connectivity index (χ4v) is 5.21. The fraction of sp³-hybridized carbons (Fsp3) is 0.417. The highest BCUT2D eigenvalue weighted by atomic mass is 16.2. The number of carbonyl (C=O) groups is 3. The van der Waals surface area contributed by atoms with Crippen LogP contribution >= 0.6 is 0 Å². The molecule has 1 aromatic carbocycles. The minimum absolute atomic E-state index is 0.00464. The minimum atomic E-state index is -0.668. The van der Waals surface area contributed by atoms with Gasteiger partial charge in [0.1, 0.15) is 6.04 Å². The average molecular weight is 434 g/mol. The number of pyridine rings is 1. The predicted molar refractivity (Wildman–Crippen MR) is 117 cm³/mol. The zero-order valence-corrected chi connectivity index (χ0v) is 17.8. The Morgan fingerprint density at radius 2 is 1.78 bits per heavy atom. The number of urea groups is 1. The first-order chi connectivity index (χ1) is 15.5. The van der Waals surface area contributed by atoms with E-state index in [0.29, 0.717) is 19.6 Å². The number of nitrogens with zero attached hydrogens (tertiary/aromatic N) is 3. The maximum atomic E-state index is 12.9. The molecule has 8 nitrogen and oxygen atoms in total. The number of rotatable bonds is 5. The number of benzene rings is 1. The molecular weight excluding hydrogens is 408 g/mol. The van der Waals surface area contributed by atoms with E-state index >= 15 is 0 Å². The molecule has 0 unspecified atom stereocenters. The van der Waals surface area contributed by atoms with Crippen molar-refractivity contribution in [1.82, 2.24) is 19.7 Å². The number of imide groups is 1. The summed E-state index contributed by atoms with van der Waals surface area (Å²) in [5.74, 6) is 0.138. The number of likely N-dealkylation sites (tertiary alicyclic amines) is 1. The van der Waals surface area contributed by atoms with Gasteiger partial charge in [0.05, 0.1) is 6.54 Å². The average Bonchev–Trinajstić information content (AvgIpc) is 3.06. The molecule has 3 atom stereocenters. The number of carbonyl (C=O) groups excluding carboxylic acids is 3. The summed E-state index contributed by atoms with van der Waals surface area (Å²) in [6, 6.07) is 13.6. The summed E-state index contributed by atoms with van der Waals surface area (Å²) < 4.78 is 1.84. The highest BCUT2D eigenvalue weighted by Gasteiger charge is 2.39. The molecule has 4 heterocycles. The van der Waals surface area contributed by atoms with Gasteiger partial charge in [-0.3, -0.25) is 19.3 Å². The van der Waals surface area contributed by atoms with Crippen LogP contribution < -0.4 is 10.9 Å². The quantitative estimate of drug-likeness (QED) is 0.725. The molecule has 2 bridgehead atoms. The monoisotopic (exact) mass is 434 g/mol. The number of aromatic nitrogens is 1. The maximum Gasteiger partial charge on any atom is 0.325 e. The SMILES string of the molecule is O=C(CC[C@@H]1NC(=O)N(Cc2ccccc2)C1=O)N1C[C@H]2C[C@@H](C1)c1cccc(=O)n1C2. The molecule has 166 valence electrons. The lowest BCUT2D eigenvalue weighted by atomic mass is 9.83. The van der Waals surface area contributed by atoms with Crippen molar-refractivity contribution >= 4 is 17.8 Å². The van der Waals surface area contributed by atoms with Gasteiger partial charge < -0.3 is 14.8 Å². The molecular formula is C24H26N4O4. The summed E-state index contributed by atoms with van der Waals surface area (Å²) >= 11 is 0. The zero-order valence-electron chi connectivity index (χ0n) is 17.8. The zero-order chi connectivity index (χ0) is 22.2. The molecule has 5 rings (SSSR count). The summed E-state index contributed by atoms with van der Waals surface area (Å²) in [4.78, 5) is 53.2. The summed E-state index contributed by atoms with van der Waals surface area (Å²) in [5, 5.41) is 2.72. The molecule has 2 aromatic rings. The highest BCUT2D eigenvalue weighted by Crippen LogP contribution is 2.35. The van der Waals surface area contributed by atoms with Gasteiger partial charge >= 0.3 is 6.03 Å². The van der Waals surface area contributed by atoms with Gasteiger partial charge in [-0.15, -0.1) is 0 Å². The molecule has 0 saturated carbocycles. The van der Waals surface area contributed by atoms with Crippen molar-refractivity contribution in [2.75, 3.05) is 13.1 Å². The number of piperidine rings is 1. The molecule has 2 fully saturated rings. The van der Waals surface area contributed by atoms with E-state index in [1.165, 1.54) is 4.90 Å². The van der Waals surface area contributed by atoms with Crippen molar-refractivity contribution < 1.29 is 14.4 Å². The highest BCUT2D eigenvalue weighted by molar-refractivity contribution is 6.04. The topological polar surface area (TPSA) is 91.7 Å². The summed E-state index contributed by atoms with van der Waals surface area (Å²) in [6.07, 6.45) is 1.48. The molecule has 2 saturated heterocycles. The third kappa shape index (κ3) is 3.81. The predicted octanol–water partition coefficient (Wildman–Crippen LogP) is 1.69. The van der Waals surface area contributed by atoms with Crippen LogP contribution in [0.1, 0.15) is 36.4 Å². The Bertz CT molecular complexity index is 1110. The molecule has 0 aliphatic carbocycles. The van der Waals surface area contributed by atoms with E-state index in [4.69, 9.17) is 0 Å². The lowest BCUT2D eigenvalue weighted by Gasteiger charge is -2.42. The van der Waals surface area contributed by atoms with Crippen LogP contribution in [0.5, 0.6) is 0 Å². The first-order valence-electron chi connectivity index (χ1n) is 11.1. The van der Waals surface area contributed by atoms with E-state index in [1.807, 2.05) is 45.9 Å². The first-order valence-corrected chi connectivity index (χ1v) is 11.1. The van der Waals surface area contributed by atoms with E-state index in [2.05, 4.69) is 5.32 Å². The second kappa shape index (κ2) is 8.26. The van der Waals surface area contributed by atoms with Gasteiger partial charge in [-0.05, 0) is 30.4 Å². The van der Waals surface area contributed by atoms with Gasteiger partial charge in [-0.25, -0.2) is 4.79 Å². The minimum Gasteiger partial charge on any atom is -0.342 e. The van der Waals surface area contributed by atoms with Crippen molar-refractivity contribution in [2.45, 2.75) is 44.3 Å². The molecule has 32 heavy (non-hydrogen) atoms. The van der Waals surface area contributed by atoms with Gasteiger partial charge in [0.2, 0.25) is 5.91 Å². The Labute approximate surface area is 185 Å². The van der Waals surface area contributed by atoms with Crippen LogP contribution in [0.25, 0.3) is 0 Å². The normalized spacial score (nSPS) is 24.3. The van der Waals surface area contributed by atoms with Gasteiger partial charge in [0.15, 0.2) is 0 Å². The van der Waals surface area contributed by atoms with E-state index in [1.54, 1.807) is 12.1 Å². The van der Waals surface area contributed by atoms with Crippen LogP contribution in [0.15, 0.2) is 53.3 Å². The van der Waals surface area contributed by atoms with E-state index in [-0.39, 0.29) is 48.6 Å². The third-order valence-corrected chi connectivity index (χ3v) is 6.77.